The van der Waals surface area contributed by atoms with E-state index in [0.29, 0.717) is 24.9 Å². The minimum absolute atomic E-state index is 0.0426. The molecule has 3 rings (SSSR count). The Balaban J connectivity index is 1.67. The molecule has 0 spiro atoms. The van der Waals surface area contributed by atoms with Crippen LogP contribution in [0.5, 0.6) is 5.75 Å². The molecule has 0 aliphatic carbocycles. The SMILES string of the molecule is COc1cccc(F)c1C(=O)N1CCN(C2CCNC2)CC1. The first-order valence-corrected chi connectivity index (χ1v) is 7.77. The predicted octanol–water partition coefficient (Wildman–Crippen LogP) is 0.954. The number of ether oxygens (including phenoxy) is 1. The molecule has 0 saturated carbocycles. The second kappa shape index (κ2) is 6.62. The van der Waals surface area contributed by atoms with E-state index in [9.17, 15) is 9.18 Å². The van der Waals surface area contributed by atoms with Gasteiger partial charge in [-0.15, -0.1) is 0 Å². The fourth-order valence-corrected chi connectivity index (χ4v) is 3.28. The Morgan fingerprint density at radius 3 is 2.73 bits per heavy atom. The van der Waals surface area contributed by atoms with E-state index in [1.165, 1.54) is 13.2 Å². The Morgan fingerprint density at radius 2 is 2.09 bits per heavy atom. The minimum atomic E-state index is -0.522. The number of halogens is 1. The molecule has 1 aromatic rings. The number of carbonyl (C=O) groups excluding carboxylic acids is 1. The monoisotopic (exact) mass is 307 g/mol. The zero-order valence-corrected chi connectivity index (χ0v) is 12.8. The second-order valence-corrected chi connectivity index (χ2v) is 5.79. The van der Waals surface area contributed by atoms with E-state index in [2.05, 4.69) is 10.2 Å². The highest BCUT2D eigenvalue weighted by molar-refractivity contribution is 5.97. The first-order chi connectivity index (χ1) is 10.7. The molecular formula is C16H22FN3O2. The van der Waals surface area contributed by atoms with Crippen LogP contribution in [0.1, 0.15) is 16.8 Å². The van der Waals surface area contributed by atoms with Crippen molar-refractivity contribution in [3.63, 3.8) is 0 Å². The molecule has 2 aliphatic heterocycles. The number of amides is 1. The van der Waals surface area contributed by atoms with E-state index >= 15 is 0 Å². The number of rotatable bonds is 3. The Morgan fingerprint density at radius 1 is 1.32 bits per heavy atom. The van der Waals surface area contributed by atoms with Gasteiger partial charge in [0.2, 0.25) is 0 Å². The van der Waals surface area contributed by atoms with Gasteiger partial charge in [-0.3, -0.25) is 9.69 Å². The molecule has 0 aromatic heterocycles. The van der Waals surface area contributed by atoms with Crippen LogP contribution >= 0.6 is 0 Å². The van der Waals surface area contributed by atoms with Gasteiger partial charge in [-0.25, -0.2) is 4.39 Å². The molecule has 1 unspecified atom stereocenters. The summed E-state index contributed by atoms with van der Waals surface area (Å²) < 4.78 is 19.2. The molecule has 1 N–H and O–H groups in total. The highest BCUT2D eigenvalue weighted by Gasteiger charge is 2.30. The number of nitrogens with zero attached hydrogens (tertiary/aromatic N) is 2. The molecule has 0 radical (unpaired) electrons. The molecular weight excluding hydrogens is 285 g/mol. The summed E-state index contributed by atoms with van der Waals surface area (Å²) in [4.78, 5) is 16.7. The molecule has 5 nitrogen and oxygen atoms in total. The maximum atomic E-state index is 14.0. The first-order valence-electron chi connectivity index (χ1n) is 7.77. The molecule has 2 aliphatic rings. The minimum Gasteiger partial charge on any atom is -0.496 e. The quantitative estimate of drug-likeness (QED) is 0.903. The van der Waals surface area contributed by atoms with Gasteiger partial charge in [-0.1, -0.05) is 6.07 Å². The topological polar surface area (TPSA) is 44.8 Å². The van der Waals surface area contributed by atoms with Crippen LogP contribution in [0.25, 0.3) is 0 Å². The van der Waals surface area contributed by atoms with E-state index in [0.717, 1.165) is 32.6 Å². The number of nitrogens with one attached hydrogen (secondary N) is 1. The zero-order chi connectivity index (χ0) is 15.5. The van der Waals surface area contributed by atoms with Gasteiger partial charge in [-0.2, -0.15) is 0 Å². The van der Waals surface area contributed by atoms with E-state index in [1.54, 1.807) is 17.0 Å². The fourth-order valence-electron chi connectivity index (χ4n) is 3.28. The third-order valence-electron chi connectivity index (χ3n) is 4.56. The fraction of sp³-hybridized carbons (Fsp3) is 0.562. The molecule has 1 atom stereocenters. The molecule has 1 amide bonds. The van der Waals surface area contributed by atoms with Gasteiger partial charge < -0.3 is 15.0 Å². The lowest BCUT2D eigenvalue weighted by molar-refractivity contribution is 0.0576. The zero-order valence-electron chi connectivity index (χ0n) is 12.8. The standard InChI is InChI=1S/C16H22FN3O2/c1-22-14-4-2-3-13(17)15(14)16(21)20-9-7-19(8-10-20)12-5-6-18-11-12/h2-4,12,18H,5-11H2,1H3. The van der Waals surface area contributed by atoms with Crippen LogP contribution in [-0.2, 0) is 0 Å². The summed E-state index contributed by atoms with van der Waals surface area (Å²) in [5.41, 5.74) is 0.0426. The summed E-state index contributed by atoms with van der Waals surface area (Å²) in [5.74, 6) is -0.502. The highest BCUT2D eigenvalue weighted by Crippen LogP contribution is 2.24. The molecule has 0 bridgehead atoms. The first kappa shape index (κ1) is 15.2. The van der Waals surface area contributed by atoms with Crippen LogP contribution in [0.4, 0.5) is 4.39 Å². The third kappa shape index (κ3) is 2.94. The Labute approximate surface area is 130 Å². The predicted molar refractivity (Wildman–Crippen MR) is 81.7 cm³/mol. The molecule has 6 heteroatoms. The highest BCUT2D eigenvalue weighted by atomic mass is 19.1. The summed E-state index contributed by atoms with van der Waals surface area (Å²) >= 11 is 0. The van der Waals surface area contributed by atoms with Crippen molar-refractivity contribution in [1.29, 1.82) is 0 Å². The van der Waals surface area contributed by atoms with Gasteiger partial charge in [0.1, 0.15) is 17.1 Å². The van der Waals surface area contributed by atoms with Gasteiger partial charge in [0, 0.05) is 38.8 Å². The maximum Gasteiger partial charge on any atom is 0.260 e. The number of piperazine rings is 1. The normalized spacial score (nSPS) is 22.8. The Bertz CT molecular complexity index is 538. The number of methoxy groups -OCH3 is 1. The van der Waals surface area contributed by atoms with Crippen molar-refractivity contribution in [2.75, 3.05) is 46.4 Å². The van der Waals surface area contributed by atoms with Gasteiger partial charge >= 0.3 is 0 Å². The Kier molecular flexibility index (Phi) is 4.59. The summed E-state index contributed by atoms with van der Waals surface area (Å²) in [6.07, 6.45) is 1.16. The average Bonchev–Trinajstić information content (AvgIpc) is 3.08. The molecule has 1 aromatic carbocycles. The van der Waals surface area contributed by atoms with E-state index in [4.69, 9.17) is 4.74 Å². The van der Waals surface area contributed by atoms with Crippen molar-refractivity contribution in [3.05, 3.63) is 29.6 Å². The van der Waals surface area contributed by atoms with Crippen LogP contribution in [0.2, 0.25) is 0 Å². The van der Waals surface area contributed by atoms with Crippen molar-refractivity contribution < 1.29 is 13.9 Å². The average molecular weight is 307 g/mol. The van der Waals surface area contributed by atoms with Crippen molar-refractivity contribution in [1.82, 2.24) is 15.1 Å². The molecule has 22 heavy (non-hydrogen) atoms. The van der Waals surface area contributed by atoms with Gasteiger partial charge in [0.25, 0.3) is 5.91 Å². The molecule has 2 heterocycles. The van der Waals surface area contributed by atoms with Crippen LogP contribution in [-0.4, -0.2) is 68.1 Å². The van der Waals surface area contributed by atoms with Crippen LogP contribution in [0.3, 0.4) is 0 Å². The number of hydrogen-bond donors (Lipinski definition) is 1. The van der Waals surface area contributed by atoms with Gasteiger partial charge in [0.05, 0.1) is 7.11 Å². The Hall–Kier alpha value is -1.66. The van der Waals surface area contributed by atoms with E-state index < -0.39 is 5.82 Å². The number of carbonyl (C=O) groups is 1. The van der Waals surface area contributed by atoms with E-state index in [1.807, 2.05) is 0 Å². The molecule has 2 saturated heterocycles. The largest absolute Gasteiger partial charge is 0.496 e. The van der Waals surface area contributed by atoms with Crippen molar-refractivity contribution in [2.24, 2.45) is 0 Å². The smallest absolute Gasteiger partial charge is 0.260 e. The molecule has 120 valence electrons. The summed E-state index contributed by atoms with van der Waals surface area (Å²) in [6.45, 7) is 5.04. The van der Waals surface area contributed by atoms with E-state index in [-0.39, 0.29) is 11.5 Å². The summed E-state index contributed by atoms with van der Waals surface area (Å²) in [6, 6.07) is 5.04. The lowest BCUT2D eigenvalue weighted by Gasteiger charge is -2.37. The van der Waals surface area contributed by atoms with Gasteiger partial charge in [0.15, 0.2) is 0 Å². The maximum absolute atomic E-state index is 14.0. The van der Waals surface area contributed by atoms with Crippen LogP contribution < -0.4 is 10.1 Å². The third-order valence-corrected chi connectivity index (χ3v) is 4.56. The summed E-state index contributed by atoms with van der Waals surface area (Å²) in [5, 5.41) is 3.36. The number of hydrogen-bond acceptors (Lipinski definition) is 4. The molecule has 2 fully saturated rings. The second-order valence-electron chi connectivity index (χ2n) is 5.79. The van der Waals surface area contributed by atoms with Crippen molar-refractivity contribution >= 4 is 5.91 Å². The van der Waals surface area contributed by atoms with Crippen molar-refractivity contribution in [3.8, 4) is 5.75 Å². The van der Waals surface area contributed by atoms with Crippen LogP contribution in [0, 0.1) is 5.82 Å². The van der Waals surface area contributed by atoms with Crippen molar-refractivity contribution in [2.45, 2.75) is 12.5 Å². The lowest BCUT2D eigenvalue weighted by atomic mass is 10.1. The van der Waals surface area contributed by atoms with Crippen LogP contribution in [0.15, 0.2) is 18.2 Å². The number of benzene rings is 1. The lowest BCUT2D eigenvalue weighted by Crippen LogP contribution is -2.52. The summed E-state index contributed by atoms with van der Waals surface area (Å²) in [7, 11) is 1.45. The van der Waals surface area contributed by atoms with Gasteiger partial charge in [-0.05, 0) is 25.1 Å².